The average Bonchev–Trinajstić information content (AvgIpc) is 2.86. The van der Waals surface area contributed by atoms with Crippen LogP contribution in [-0.4, -0.2) is 16.7 Å². The standard InChI is InChI=1S/C15H19NO2S/c1-11-5-3-7-14(12(11)2)18-9-15-16-13(10-19-15)6-4-8-17/h3,5,7,10,17H,4,6,8-9H2,1-2H3. The number of rotatable bonds is 6. The number of thiazole rings is 1. The Morgan fingerprint density at radius 2 is 2.16 bits per heavy atom. The van der Waals surface area contributed by atoms with Crippen LogP contribution >= 0.6 is 11.3 Å². The second kappa shape index (κ2) is 6.68. The topological polar surface area (TPSA) is 42.4 Å². The number of aryl methyl sites for hydroxylation is 2. The zero-order valence-electron chi connectivity index (χ0n) is 11.3. The van der Waals surface area contributed by atoms with E-state index < -0.39 is 0 Å². The van der Waals surface area contributed by atoms with Gasteiger partial charge >= 0.3 is 0 Å². The summed E-state index contributed by atoms with van der Waals surface area (Å²) in [6, 6.07) is 6.08. The first kappa shape index (κ1) is 14.0. The van der Waals surface area contributed by atoms with Crippen molar-refractivity contribution in [1.82, 2.24) is 4.98 Å². The van der Waals surface area contributed by atoms with Crippen molar-refractivity contribution >= 4 is 11.3 Å². The van der Waals surface area contributed by atoms with Crippen molar-refractivity contribution in [3.8, 4) is 5.75 Å². The van der Waals surface area contributed by atoms with Gasteiger partial charge in [-0.2, -0.15) is 0 Å². The molecule has 0 atom stereocenters. The minimum absolute atomic E-state index is 0.214. The largest absolute Gasteiger partial charge is 0.486 e. The van der Waals surface area contributed by atoms with E-state index in [0.29, 0.717) is 6.61 Å². The Kier molecular flexibility index (Phi) is 4.93. The number of aromatic nitrogens is 1. The number of hydrogen-bond donors (Lipinski definition) is 1. The number of nitrogens with zero attached hydrogens (tertiary/aromatic N) is 1. The van der Waals surface area contributed by atoms with Crippen molar-refractivity contribution in [2.45, 2.75) is 33.3 Å². The summed E-state index contributed by atoms with van der Waals surface area (Å²) in [4.78, 5) is 4.50. The fourth-order valence-corrected chi connectivity index (χ4v) is 2.55. The number of aliphatic hydroxyl groups is 1. The van der Waals surface area contributed by atoms with E-state index in [1.165, 1.54) is 11.1 Å². The molecule has 0 saturated heterocycles. The molecule has 2 aromatic rings. The Morgan fingerprint density at radius 1 is 1.32 bits per heavy atom. The van der Waals surface area contributed by atoms with Crippen LogP contribution in [0.5, 0.6) is 5.75 Å². The van der Waals surface area contributed by atoms with E-state index in [2.05, 4.69) is 24.9 Å². The Labute approximate surface area is 117 Å². The molecule has 1 aromatic carbocycles. The molecular weight excluding hydrogens is 258 g/mol. The number of ether oxygens (including phenoxy) is 1. The normalized spacial score (nSPS) is 10.7. The first-order valence-corrected chi connectivity index (χ1v) is 7.32. The van der Waals surface area contributed by atoms with Gasteiger partial charge in [0.15, 0.2) is 0 Å². The van der Waals surface area contributed by atoms with Crippen LogP contribution in [0.1, 0.15) is 28.2 Å². The highest BCUT2D eigenvalue weighted by atomic mass is 32.1. The molecule has 3 nitrogen and oxygen atoms in total. The SMILES string of the molecule is Cc1cccc(OCc2nc(CCCO)cs2)c1C. The molecule has 0 aliphatic rings. The van der Waals surface area contributed by atoms with Crippen LogP contribution in [0, 0.1) is 13.8 Å². The molecule has 0 unspecified atom stereocenters. The van der Waals surface area contributed by atoms with Crippen LogP contribution in [0.4, 0.5) is 0 Å². The summed E-state index contributed by atoms with van der Waals surface area (Å²) in [6.45, 7) is 4.87. The van der Waals surface area contributed by atoms with Crippen molar-refractivity contribution in [2.24, 2.45) is 0 Å². The van der Waals surface area contributed by atoms with E-state index in [4.69, 9.17) is 9.84 Å². The highest BCUT2D eigenvalue weighted by Gasteiger charge is 2.05. The maximum absolute atomic E-state index is 8.79. The van der Waals surface area contributed by atoms with Crippen molar-refractivity contribution in [1.29, 1.82) is 0 Å². The van der Waals surface area contributed by atoms with Gasteiger partial charge in [0.25, 0.3) is 0 Å². The van der Waals surface area contributed by atoms with E-state index in [1.54, 1.807) is 11.3 Å². The summed E-state index contributed by atoms with van der Waals surface area (Å²) in [5, 5.41) is 11.8. The monoisotopic (exact) mass is 277 g/mol. The van der Waals surface area contributed by atoms with Crippen molar-refractivity contribution in [3.63, 3.8) is 0 Å². The van der Waals surface area contributed by atoms with Crippen LogP contribution in [0.3, 0.4) is 0 Å². The van der Waals surface area contributed by atoms with Gasteiger partial charge in [-0.15, -0.1) is 11.3 Å². The second-order valence-corrected chi connectivity index (χ2v) is 5.49. The molecule has 0 spiro atoms. The first-order valence-electron chi connectivity index (χ1n) is 6.44. The summed E-state index contributed by atoms with van der Waals surface area (Å²) in [7, 11) is 0. The zero-order chi connectivity index (χ0) is 13.7. The Morgan fingerprint density at radius 3 is 2.95 bits per heavy atom. The molecule has 0 bridgehead atoms. The van der Waals surface area contributed by atoms with Gasteiger partial charge in [0.1, 0.15) is 17.4 Å². The highest BCUT2D eigenvalue weighted by molar-refractivity contribution is 7.09. The number of hydrogen-bond acceptors (Lipinski definition) is 4. The van der Waals surface area contributed by atoms with Crippen LogP contribution in [-0.2, 0) is 13.0 Å². The molecule has 102 valence electrons. The minimum Gasteiger partial charge on any atom is -0.486 e. The highest BCUT2D eigenvalue weighted by Crippen LogP contribution is 2.22. The van der Waals surface area contributed by atoms with Crippen LogP contribution in [0.25, 0.3) is 0 Å². The number of benzene rings is 1. The summed E-state index contributed by atoms with van der Waals surface area (Å²) < 4.78 is 5.82. The first-order chi connectivity index (χ1) is 9.20. The lowest BCUT2D eigenvalue weighted by molar-refractivity contribution is 0.287. The van der Waals surface area contributed by atoms with Crippen LogP contribution in [0.15, 0.2) is 23.6 Å². The third-order valence-corrected chi connectivity index (χ3v) is 3.97. The lowest BCUT2D eigenvalue weighted by Crippen LogP contribution is -1.98. The van der Waals surface area contributed by atoms with Crippen molar-refractivity contribution in [3.05, 3.63) is 45.4 Å². The second-order valence-electron chi connectivity index (χ2n) is 4.55. The molecule has 0 aliphatic heterocycles. The average molecular weight is 277 g/mol. The molecule has 0 amide bonds. The molecule has 1 aromatic heterocycles. The van der Waals surface area contributed by atoms with Crippen molar-refractivity contribution in [2.75, 3.05) is 6.61 Å². The predicted octanol–water partition coefficient (Wildman–Crippen LogP) is 3.26. The van der Waals surface area contributed by atoms with E-state index in [0.717, 1.165) is 29.3 Å². The Balaban J connectivity index is 1.95. The summed E-state index contributed by atoms with van der Waals surface area (Å²) in [5.74, 6) is 0.923. The smallest absolute Gasteiger partial charge is 0.140 e. The van der Waals surface area contributed by atoms with Gasteiger partial charge < -0.3 is 9.84 Å². The summed E-state index contributed by atoms with van der Waals surface area (Å²) >= 11 is 1.61. The molecule has 1 N–H and O–H groups in total. The van der Waals surface area contributed by atoms with Crippen LogP contribution in [0.2, 0.25) is 0 Å². The fraction of sp³-hybridized carbons (Fsp3) is 0.400. The molecule has 4 heteroatoms. The maximum Gasteiger partial charge on any atom is 0.140 e. The van der Waals surface area contributed by atoms with Gasteiger partial charge in [0, 0.05) is 12.0 Å². The van der Waals surface area contributed by atoms with Gasteiger partial charge in [-0.25, -0.2) is 4.98 Å². The number of aliphatic hydroxyl groups excluding tert-OH is 1. The van der Waals surface area contributed by atoms with Gasteiger partial charge in [-0.1, -0.05) is 12.1 Å². The lowest BCUT2D eigenvalue weighted by atomic mass is 10.1. The molecule has 19 heavy (non-hydrogen) atoms. The third kappa shape index (κ3) is 3.78. The molecule has 0 radical (unpaired) electrons. The zero-order valence-corrected chi connectivity index (χ0v) is 12.2. The maximum atomic E-state index is 8.79. The summed E-state index contributed by atoms with van der Waals surface area (Å²) in [6.07, 6.45) is 1.59. The Hall–Kier alpha value is -1.39. The lowest BCUT2D eigenvalue weighted by Gasteiger charge is -2.09. The van der Waals surface area contributed by atoms with E-state index in [9.17, 15) is 0 Å². The van der Waals surface area contributed by atoms with Gasteiger partial charge in [0.05, 0.1) is 5.69 Å². The minimum atomic E-state index is 0.214. The third-order valence-electron chi connectivity index (χ3n) is 3.10. The van der Waals surface area contributed by atoms with E-state index >= 15 is 0 Å². The van der Waals surface area contributed by atoms with Gasteiger partial charge in [0.2, 0.25) is 0 Å². The van der Waals surface area contributed by atoms with Gasteiger partial charge in [-0.05, 0) is 43.9 Å². The van der Waals surface area contributed by atoms with Gasteiger partial charge in [-0.3, -0.25) is 0 Å². The summed E-state index contributed by atoms with van der Waals surface area (Å²) in [5.41, 5.74) is 3.46. The molecule has 2 rings (SSSR count). The molecular formula is C15H19NO2S. The Bertz CT molecular complexity index is 537. The molecule has 0 aliphatic carbocycles. The predicted molar refractivity (Wildman–Crippen MR) is 77.8 cm³/mol. The fourth-order valence-electron chi connectivity index (χ4n) is 1.81. The quantitative estimate of drug-likeness (QED) is 0.881. The molecule has 0 saturated carbocycles. The molecule has 0 fully saturated rings. The van der Waals surface area contributed by atoms with Crippen molar-refractivity contribution < 1.29 is 9.84 Å². The molecule has 1 heterocycles. The van der Waals surface area contributed by atoms with E-state index in [-0.39, 0.29) is 6.61 Å². The van der Waals surface area contributed by atoms with Crippen LogP contribution < -0.4 is 4.74 Å². The van der Waals surface area contributed by atoms with E-state index in [1.807, 2.05) is 17.5 Å².